The molecule has 184 valence electrons. The largest absolute Gasteiger partial charge is 0.380 e. The van der Waals surface area contributed by atoms with E-state index in [4.69, 9.17) is 4.74 Å². The molecule has 33 heavy (non-hydrogen) atoms. The molecule has 0 aromatic heterocycles. The highest BCUT2D eigenvalue weighted by atomic mass is 19.2. The van der Waals surface area contributed by atoms with Gasteiger partial charge >= 0.3 is 0 Å². The Balaban J connectivity index is 1.32. The molecule has 4 aliphatic rings. The summed E-state index contributed by atoms with van der Waals surface area (Å²) >= 11 is 0. The Hall–Kier alpha value is -1.36. The van der Waals surface area contributed by atoms with Crippen molar-refractivity contribution in [2.24, 2.45) is 22.7 Å². The van der Waals surface area contributed by atoms with Crippen molar-refractivity contribution in [3.8, 4) is 0 Å². The fourth-order valence-corrected chi connectivity index (χ4v) is 6.32. The predicted octanol–water partition coefficient (Wildman–Crippen LogP) is 8.44. The molecular formula is C28H38F4O. The second-order valence-corrected chi connectivity index (χ2v) is 11.3. The maximum absolute atomic E-state index is 15.7. The van der Waals surface area contributed by atoms with Crippen molar-refractivity contribution in [1.82, 2.24) is 0 Å². The molecular weight excluding hydrogens is 428 g/mol. The van der Waals surface area contributed by atoms with E-state index in [2.05, 4.69) is 0 Å². The molecule has 2 saturated carbocycles. The molecule has 4 aliphatic carbocycles. The molecule has 4 atom stereocenters. The highest BCUT2D eigenvalue weighted by molar-refractivity contribution is 5.33. The summed E-state index contributed by atoms with van der Waals surface area (Å²) in [5, 5.41) is 0. The highest BCUT2D eigenvalue weighted by Crippen LogP contribution is 2.54. The lowest BCUT2D eigenvalue weighted by atomic mass is 9.63. The zero-order chi connectivity index (χ0) is 23.7. The number of allylic oxidation sites excluding steroid dienone is 4. The van der Waals surface area contributed by atoms with Gasteiger partial charge in [0.05, 0.1) is 13.2 Å². The maximum Gasteiger partial charge on any atom is 0.185 e. The zero-order valence-corrected chi connectivity index (χ0v) is 20.0. The third-order valence-electron chi connectivity index (χ3n) is 8.85. The molecule has 5 heteroatoms. The van der Waals surface area contributed by atoms with E-state index in [9.17, 15) is 8.78 Å². The number of alkyl halides is 2. The van der Waals surface area contributed by atoms with E-state index in [0.29, 0.717) is 25.7 Å². The Morgan fingerprint density at radius 2 is 1.06 bits per heavy atom. The number of hydrogen-bond acceptors (Lipinski definition) is 1. The molecule has 0 radical (unpaired) electrons. The number of rotatable bonds is 6. The van der Waals surface area contributed by atoms with Crippen molar-refractivity contribution in [3.63, 3.8) is 0 Å². The minimum Gasteiger partial charge on any atom is -0.380 e. The molecule has 0 aromatic rings. The van der Waals surface area contributed by atoms with E-state index < -0.39 is 33.8 Å². The topological polar surface area (TPSA) is 9.23 Å². The third kappa shape index (κ3) is 4.51. The van der Waals surface area contributed by atoms with Crippen molar-refractivity contribution in [3.05, 3.63) is 48.1 Å². The van der Waals surface area contributed by atoms with Crippen LogP contribution in [-0.4, -0.2) is 24.6 Å². The lowest BCUT2D eigenvalue weighted by Gasteiger charge is -2.44. The van der Waals surface area contributed by atoms with Gasteiger partial charge in [0.15, 0.2) is 11.3 Å². The van der Waals surface area contributed by atoms with E-state index >= 15 is 8.78 Å². The number of ether oxygens (including phenoxy) is 1. The van der Waals surface area contributed by atoms with E-state index in [1.807, 2.05) is 13.8 Å². The minimum atomic E-state index is -2.05. The van der Waals surface area contributed by atoms with E-state index in [-0.39, 0.29) is 25.0 Å². The number of hydrogen-bond donors (Lipinski definition) is 0. The van der Waals surface area contributed by atoms with Gasteiger partial charge in [0.2, 0.25) is 0 Å². The second kappa shape index (κ2) is 9.36. The standard InChI is InChI=1S/C28H38F4O/c1-25(11-5-3-6-12-25)27(31)15-9-21(17-23(27)29)19-33-20-22-10-16-28(32,24(30)18-22)26(2)13-7-4-8-14-26/h9-10,15-18,21-22H,3-8,11-14,19-20H2,1-2H3/t21-,22-,27-,28-/m1/s1. The summed E-state index contributed by atoms with van der Waals surface area (Å²) in [7, 11) is 0. The van der Waals surface area contributed by atoms with Crippen molar-refractivity contribution in [2.45, 2.75) is 89.4 Å². The van der Waals surface area contributed by atoms with Crippen LogP contribution in [-0.2, 0) is 4.74 Å². The molecule has 0 aliphatic heterocycles. The van der Waals surface area contributed by atoms with Crippen molar-refractivity contribution >= 4 is 0 Å². The second-order valence-electron chi connectivity index (χ2n) is 11.3. The Morgan fingerprint density at radius 3 is 1.39 bits per heavy atom. The van der Waals surface area contributed by atoms with Crippen LogP contribution in [0.2, 0.25) is 0 Å². The molecule has 0 spiro atoms. The fraction of sp³-hybridized carbons (Fsp3) is 0.714. The molecule has 0 saturated heterocycles. The van der Waals surface area contributed by atoms with Crippen LogP contribution in [0, 0.1) is 22.7 Å². The van der Waals surface area contributed by atoms with Crippen molar-refractivity contribution in [1.29, 1.82) is 0 Å². The first-order valence-corrected chi connectivity index (χ1v) is 12.7. The lowest BCUT2D eigenvalue weighted by molar-refractivity contribution is 0.0207. The van der Waals surface area contributed by atoms with Gasteiger partial charge in [-0.1, -0.05) is 64.5 Å². The maximum atomic E-state index is 15.7. The summed E-state index contributed by atoms with van der Waals surface area (Å²) < 4.78 is 66.9. The van der Waals surface area contributed by atoms with Gasteiger partial charge in [0, 0.05) is 22.7 Å². The SMILES string of the molecule is CC1([C@@]2(F)C=C[C@@H](COC[C@@H]3C=C[C@](F)(C4(C)CCCCC4)C(F)=C3)C=C2F)CCCCC1. The van der Waals surface area contributed by atoms with E-state index in [1.54, 1.807) is 12.2 Å². The first kappa shape index (κ1) is 24.8. The normalized spacial score (nSPS) is 38.0. The monoisotopic (exact) mass is 466 g/mol. The van der Waals surface area contributed by atoms with Crippen LogP contribution in [0.3, 0.4) is 0 Å². The van der Waals surface area contributed by atoms with Crippen molar-refractivity contribution < 1.29 is 22.3 Å². The van der Waals surface area contributed by atoms with E-state index in [1.165, 1.54) is 24.3 Å². The highest BCUT2D eigenvalue weighted by Gasteiger charge is 2.53. The fourth-order valence-electron chi connectivity index (χ4n) is 6.32. The van der Waals surface area contributed by atoms with Crippen LogP contribution in [0.5, 0.6) is 0 Å². The van der Waals surface area contributed by atoms with Gasteiger partial charge in [-0.25, -0.2) is 17.6 Å². The summed E-state index contributed by atoms with van der Waals surface area (Å²) in [5.74, 6) is -2.20. The molecule has 0 heterocycles. The van der Waals surface area contributed by atoms with E-state index in [0.717, 1.165) is 38.5 Å². The van der Waals surface area contributed by atoms with Crippen LogP contribution in [0.4, 0.5) is 17.6 Å². The van der Waals surface area contributed by atoms with Gasteiger partial charge in [-0.3, -0.25) is 0 Å². The van der Waals surface area contributed by atoms with Gasteiger partial charge in [-0.05, 0) is 50.0 Å². The first-order chi connectivity index (χ1) is 15.6. The van der Waals surface area contributed by atoms with Crippen LogP contribution < -0.4 is 0 Å². The summed E-state index contributed by atoms with van der Waals surface area (Å²) in [6.45, 7) is 4.04. The van der Waals surface area contributed by atoms with Gasteiger partial charge in [-0.2, -0.15) is 0 Å². The summed E-state index contributed by atoms with van der Waals surface area (Å²) in [6, 6.07) is 0. The lowest BCUT2D eigenvalue weighted by Crippen LogP contribution is -2.44. The van der Waals surface area contributed by atoms with Gasteiger partial charge < -0.3 is 4.74 Å². The molecule has 1 nitrogen and oxygen atoms in total. The Labute approximate surface area is 196 Å². The van der Waals surface area contributed by atoms with Crippen LogP contribution in [0.15, 0.2) is 48.1 Å². The smallest absolute Gasteiger partial charge is 0.185 e. The van der Waals surface area contributed by atoms with Gasteiger partial charge in [0.1, 0.15) is 11.7 Å². The summed E-state index contributed by atoms with van der Waals surface area (Å²) in [6.07, 6.45) is 17.3. The van der Waals surface area contributed by atoms with Crippen molar-refractivity contribution in [2.75, 3.05) is 13.2 Å². The van der Waals surface area contributed by atoms with Gasteiger partial charge in [0.25, 0.3) is 0 Å². The molecule has 0 amide bonds. The molecule has 0 unspecified atom stereocenters. The Bertz CT molecular complexity index is 763. The summed E-state index contributed by atoms with van der Waals surface area (Å²) in [4.78, 5) is 0. The average molecular weight is 467 g/mol. The minimum absolute atomic E-state index is 0.176. The molecule has 0 N–H and O–H groups in total. The van der Waals surface area contributed by atoms with Crippen LogP contribution >= 0.6 is 0 Å². The first-order valence-electron chi connectivity index (χ1n) is 12.7. The van der Waals surface area contributed by atoms with Crippen LogP contribution in [0.1, 0.15) is 78.1 Å². The van der Waals surface area contributed by atoms with Crippen LogP contribution in [0.25, 0.3) is 0 Å². The molecule has 4 rings (SSSR count). The third-order valence-corrected chi connectivity index (χ3v) is 8.85. The molecule has 0 bridgehead atoms. The van der Waals surface area contributed by atoms with Gasteiger partial charge in [-0.15, -0.1) is 0 Å². The average Bonchev–Trinajstić information content (AvgIpc) is 2.79. The molecule has 2 fully saturated rings. The quantitative estimate of drug-likeness (QED) is 0.282. The number of halogens is 4. The Morgan fingerprint density at radius 1 is 0.697 bits per heavy atom. The molecule has 0 aromatic carbocycles. The summed E-state index contributed by atoms with van der Waals surface area (Å²) in [5.41, 5.74) is -5.53. The Kier molecular flexibility index (Phi) is 7.02. The zero-order valence-electron chi connectivity index (χ0n) is 20.0. The predicted molar refractivity (Wildman–Crippen MR) is 125 cm³/mol.